The summed E-state index contributed by atoms with van der Waals surface area (Å²) in [6.45, 7) is 0. The van der Waals surface area contributed by atoms with Crippen LogP contribution in [-0.2, 0) is 0 Å². The van der Waals surface area contributed by atoms with Crippen molar-refractivity contribution in [1.29, 1.82) is 0 Å². The Morgan fingerprint density at radius 1 is 1.06 bits per heavy atom. The number of rotatable bonds is 2. The molecule has 0 saturated carbocycles. The minimum atomic E-state index is -0.622. The largest absolute Gasteiger partial charge is 0.439 e. The van der Waals surface area contributed by atoms with Crippen LogP contribution in [0.1, 0.15) is 0 Å². The third-order valence-electron chi connectivity index (χ3n) is 2.23. The number of nitrogens with one attached hydrogen (secondary N) is 1. The van der Waals surface area contributed by atoms with Crippen molar-refractivity contribution in [2.24, 2.45) is 0 Å². The van der Waals surface area contributed by atoms with E-state index in [4.69, 9.17) is 0 Å². The van der Waals surface area contributed by atoms with Gasteiger partial charge in [-0.25, -0.2) is 14.8 Å². The van der Waals surface area contributed by atoms with Gasteiger partial charge in [0.15, 0.2) is 5.82 Å². The van der Waals surface area contributed by atoms with Gasteiger partial charge in [-0.2, -0.15) is 0 Å². The summed E-state index contributed by atoms with van der Waals surface area (Å²) in [6.07, 6.45) is 3.22. The topological polar surface area (TPSA) is 97.6 Å². The highest BCUT2D eigenvalue weighted by Gasteiger charge is 2.08. The summed E-state index contributed by atoms with van der Waals surface area (Å²) in [5.41, 5.74) is 1.11. The van der Waals surface area contributed by atoms with Gasteiger partial charge in [-0.05, 0) is 18.2 Å². The predicted octanol–water partition coefficient (Wildman–Crippen LogP) is 0.882. The Morgan fingerprint density at radius 2 is 2.00 bits per heavy atom. The third kappa shape index (κ3) is 1.88. The maximum Gasteiger partial charge on any atom is 0.439 e. The molecule has 0 saturated heterocycles. The molecule has 3 aromatic rings. The molecule has 7 nitrogen and oxygen atoms in total. The van der Waals surface area contributed by atoms with Crippen molar-refractivity contribution in [2.75, 3.05) is 0 Å². The van der Waals surface area contributed by atoms with E-state index in [0.717, 1.165) is 0 Å². The zero-order valence-electron chi connectivity index (χ0n) is 9.07. The summed E-state index contributed by atoms with van der Waals surface area (Å²) in [5, 5.41) is 3.57. The van der Waals surface area contributed by atoms with Crippen molar-refractivity contribution in [3.05, 3.63) is 47.2 Å². The fourth-order valence-corrected chi connectivity index (χ4v) is 1.45. The summed E-state index contributed by atoms with van der Waals surface area (Å²) in [7, 11) is 0. The minimum Gasteiger partial charge on any atom is -0.296 e. The van der Waals surface area contributed by atoms with E-state index in [2.05, 4.69) is 29.6 Å². The van der Waals surface area contributed by atoms with Gasteiger partial charge in [-0.3, -0.25) is 14.5 Å². The van der Waals surface area contributed by atoms with Gasteiger partial charge in [-0.1, -0.05) is 11.2 Å². The molecule has 0 bridgehead atoms. The lowest BCUT2D eigenvalue weighted by Crippen LogP contribution is -1.97. The lowest BCUT2D eigenvalue weighted by atomic mass is 10.3. The van der Waals surface area contributed by atoms with E-state index in [9.17, 15) is 4.79 Å². The predicted molar refractivity (Wildman–Crippen MR) is 61.4 cm³/mol. The highest BCUT2D eigenvalue weighted by molar-refractivity contribution is 5.55. The van der Waals surface area contributed by atoms with Crippen molar-refractivity contribution in [2.45, 2.75) is 0 Å². The number of H-pyrrole nitrogens is 1. The Balaban J connectivity index is 2.07. The van der Waals surface area contributed by atoms with E-state index in [1.54, 1.807) is 24.5 Å². The first-order valence-electron chi connectivity index (χ1n) is 5.14. The average Bonchev–Trinajstić information content (AvgIpc) is 2.87. The van der Waals surface area contributed by atoms with Crippen LogP contribution < -0.4 is 5.76 Å². The van der Waals surface area contributed by atoms with Crippen LogP contribution in [0.5, 0.6) is 0 Å². The average molecular weight is 241 g/mol. The van der Waals surface area contributed by atoms with E-state index in [-0.39, 0.29) is 5.82 Å². The molecule has 0 aromatic carbocycles. The van der Waals surface area contributed by atoms with Crippen LogP contribution in [0.3, 0.4) is 0 Å². The molecule has 0 aliphatic rings. The molecule has 0 atom stereocenters. The Hall–Kier alpha value is -2.83. The van der Waals surface area contributed by atoms with Crippen LogP contribution in [-0.4, -0.2) is 25.1 Å². The highest BCUT2D eigenvalue weighted by Crippen LogP contribution is 2.15. The summed E-state index contributed by atoms with van der Waals surface area (Å²) in [6, 6.07) is 7.07. The fourth-order valence-electron chi connectivity index (χ4n) is 1.45. The molecule has 0 fully saturated rings. The third-order valence-corrected chi connectivity index (χ3v) is 2.23. The van der Waals surface area contributed by atoms with Crippen molar-refractivity contribution >= 4 is 0 Å². The van der Waals surface area contributed by atoms with E-state index < -0.39 is 5.76 Å². The molecule has 18 heavy (non-hydrogen) atoms. The van der Waals surface area contributed by atoms with Crippen LogP contribution in [0.4, 0.5) is 0 Å². The second-order valence-corrected chi connectivity index (χ2v) is 3.42. The Labute approximate surface area is 101 Å². The standard InChI is InChI=1S/C11H7N5O2/c17-11-15-10(16-18-11)8-4-6-13-9(14-8)7-3-1-2-5-12-7/h1-6H,(H,15,16,17). The number of hydrogen-bond donors (Lipinski definition) is 1. The van der Waals surface area contributed by atoms with E-state index in [0.29, 0.717) is 17.2 Å². The Kier molecular flexibility index (Phi) is 2.41. The molecule has 3 heterocycles. The highest BCUT2D eigenvalue weighted by atomic mass is 16.5. The van der Waals surface area contributed by atoms with Crippen LogP contribution >= 0.6 is 0 Å². The van der Waals surface area contributed by atoms with Gasteiger partial charge in [0.1, 0.15) is 11.4 Å². The summed E-state index contributed by atoms with van der Waals surface area (Å²) in [4.78, 5) is 25.8. The lowest BCUT2D eigenvalue weighted by Gasteiger charge is -1.99. The summed E-state index contributed by atoms with van der Waals surface area (Å²) < 4.78 is 4.43. The second kappa shape index (κ2) is 4.21. The molecule has 0 unspecified atom stereocenters. The quantitative estimate of drug-likeness (QED) is 0.715. The van der Waals surface area contributed by atoms with E-state index >= 15 is 0 Å². The zero-order valence-corrected chi connectivity index (χ0v) is 9.07. The van der Waals surface area contributed by atoms with Gasteiger partial charge in [0, 0.05) is 12.4 Å². The van der Waals surface area contributed by atoms with Crippen LogP contribution in [0.15, 0.2) is 46.0 Å². The van der Waals surface area contributed by atoms with Crippen molar-refractivity contribution in [1.82, 2.24) is 25.1 Å². The molecule has 0 aliphatic heterocycles. The monoisotopic (exact) mass is 241 g/mol. The SMILES string of the molecule is O=c1[nH]c(-c2ccnc(-c3ccccn3)n2)no1. The van der Waals surface area contributed by atoms with Gasteiger partial charge in [0.2, 0.25) is 5.82 Å². The van der Waals surface area contributed by atoms with Gasteiger partial charge in [0.25, 0.3) is 0 Å². The maximum absolute atomic E-state index is 10.9. The number of aromatic nitrogens is 5. The van der Waals surface area contributed by atoms with Crippen LogP contribution in [0.25, 0.3) is 23.0 Å². The number of hydrogen-bond acceptors (Lipinski definition) is 6. The minimum absolute atomic E-state index is 0.264. The number of aromatic amines is 1. The van der Waals surface area contributed by atoms with Crippen molar-refractivity contribution < 1.29 is 4.52 Å². The van der Waals surface area contributed by atoms with E-state index in [1.165, 1.54) is 0 Å². The van der Waals surface area contributed by atoms with Crippen LogP contribution in [0.2, 0.25) is 0 Å². The maximum atomic E-state index is 10.9. The molecule has 3 aromatic heterocycles. The van der Waals surface area contributed by atoms with E-state index in [1.807, 2.05) is 12.1 Å². The first kappa shape index (κ1) is 10.3. The molecular weight excluding hydrogens is 234 g/mol. The molecular formula is C11H7N5O2. The molecule has 3 rings (SSSR count). The summed E-state index contributed by atoms with van der Waals surface area (Å²) in [5.74, 6) is 0.0968. The van der Waals surface area contributed by atoms with Crippen molar-refractivity contribution in [3.8, 4) is 23.0 Å². The first-order valence-corrected chi connectivity index (χ1v) is 5.14. The van der Waals surface area contributed by atoms with Gasteiger partial charge < -0.3 is 0 Å². The smallest absolute Gasteiger partial charge is 0.296 e. The van der Waals surface area contributed by atoms with Gasteiger partial charge >= 0.3 is 5.76 Å². The Bertz CT molecular complexity index is 719. The Morgan fingerprint density at radius 3 is 2.72 bits per heavy atom. The molecule has 0 aliphatic carbocycles. The van der Waals surface area contributed by atoms with Gasteiger partial charge in [0.05, 0.1) is 0 Å². The lowest BCUT2D eigenvalue weighted by molar-refractivity contribution is 0.387. The zero-order chi connectivity index (χ0) is 12.4. The number of pyridine rings is 1. The molecule has 0 spiro atoms. The normalized spacial score (nSPS) is 10.4. The fraction of sp³-hybridized carbons (Fsp3) is 0. The molecule has 7 heteroatoms. The molecule has 0 radical (unpaired) electrons. The second-order valence-electron chi connectivity index (χ2n) is 3.42. The number of nitrogens with zero attached hydrogens (tertiary/aromatic N) is 4. The van der Waals surface area contributed by atoms with Gasteiger partial charge in [-0.15, -0.1) is 0 Å². The molecule has 88 valence electrons. The first-order chi connectivity index (χ1) is 8.83. The van der Waals surface area contributed by atoms with Crippen LogP contribution in [0, 0.1) is 0 Å². The molecule has 1 N–H and O–H groups in total. The van der Waals surface area contributed by atoms with Crippen molar-refractivity contribution in [3.63, 3.8) is 0 Å². The molecule has 0 amide bonds. The summed E-state index contributed by atoms with van der Waals surface area (Å²) >= 11 is 0.